The zero-order chi connectivity index (χ0) is 14.6. The molecule has 3 atom stereocenters. The summed E-state index contributed by atoms with van der Waals surface area (Å²) in [5.74, 6) is 0. The SMILES string of the molecule is CCCC1CC(CN)(N2CCCC2CN(C)C)CCO1. The average Bonchev–Trinajstić information content (AvgIpc) is 2.87. The minimum atomic E-state index is 0.190. The second-order valence-corrected chi connectivity index (χ2v) is 6.92. The van der Waals surface area contributed by atoms with Gasteiger partial charge in [-0.15, -0.1) is 0 Å². The predicted molar refractivity (Wildman–Crippen MR) is 83.9 cm³/mol. The van der Waals surface area contributed by atoms with Gasteiger partial charge in [-0.2, -0.15) is 0 Å². The molecule has 2 aliphatic heterocycles. The first kappa shape index (κ1) is 16.2. The van der Waals surface area contributed by atoms with Gasteiger partial charge in [0, 0.05) is 31.3 Å². The molecule has 0 aromatic carbocycles. The van der Waals surface area contributed by atoms with E-state index in [0.29, 0.717) is 12.1 Å². The Morgan fingerprint density at radius 1 is 1.40 bits per heavy atom. The van der Waals surface area contributed by atoms with E-state index in [0.717, 1.165) is 32.5 Å². The Hall–Kier alpha value is -0.160. The van der Waals surface area contributed by atoms with E-state index in [-0.39, 0.29) is 5.54 Å². The Morgan fingerprint density at radius 2 is 2.20 bits per heavy atom. The van der Waals surface area contributed by atoms with E-state index < -0.39 is 0 Å². The van der Waals surface area contributed by atoms with Gasteiger partial charge in [0.05, 0.1) is 6.10 Å². The second-order valence-electron chi connectivity index (χ2n) is 6.92. The number of rotatable bonds is 6. The number of likely N-dealkylation sites (N-methyl/N-ethyl adjacent to an activating group) is 1. The summed E-state index contributed by atoms with van der Waals surface area (Å²) in [6.07, 6.45) is 7.66. The standard InChI is InChI=1S/C16H33N3O/c1-4-6-15-11-16(13-17,8-10-20-15)19-9-5-7-14(19)12-18(2)3/h14-15H,4-13,17H2,1-3H3. The molecule has 3 unspecified atom stereocenters. The highest BCUT2D eigenvalue weighted by Crippen LogP contribution is 2.37. The molecule has 0 radical (unpaired) electrons. The molecule has 0 aromatic heterocycles. The van der Waals surface area contributed by atoms with Crippen LogP contribution in [-0.4, -0.2) is 67.8 Å². The molecule has 2 rings (SSSR count). The largest absolute Gasteiger partial charge is 0.378 e. The Kier molecular flexibility index (Phi) is 5.84. The third-order valence-electron chi connectivity index (χ3n) is 5.08. The van der Waals surface area contributed by atoms with Crippen LogP contribution in [0.2, 0.25) is 0 Å². The van der Waals surface area contributed by atoms with Crippen LogP contribution in [0.15, 0.2) is 0 Å². The number of ether oxygens (including phenoxy) is 1. The molecule has 0 spiro atoms. The van der Waals surface area contributed by atoms with Gasteiger partial charge in [0.1, 0.15) is 0 Å². The van der Waals surface area contributed by atoms with Crippen molar-refractivity contribution >= 4 is 0 Å². The Balaban J connectivity index is 2.08. The van der Waals surface area contributed by atoms with Crippen molar-refractivity contribution in [2.24, 2.45) is 5.73 Å². The fourth-order valence-corrected chi connectivity index (χ4v) is 4.14. The van der Waals surface area contributed by atoms with Crippen molar-refractivity contribution in [3.8, 4) is 0 Å². The van der Waals surface area contributed by atoms with Gasteiger partial charge in [0.15, 0.2) is 0 Å². The van der Waals surface area contributed by atoms with E-state index in [1.54, 1.807) is 0 Å². The molecule has 2 fully saturated rings. The molecule has 0 aromatic rings. The zero-order valence-electron chi connectivity index (χ0n) is 13.6. The van der Waals surface area contributed by atoms with Crippen LogP contribution in [0.3, 0.4) is 0 Å². The van der Waals surface area contributed by atoms with Crippen molar-refractivity contribution in [2.45, 2.75) is 63.1 Å². The van der Waals surface area contributed by atoms with E-state index in [1.807, 2.05) is 0 Å². The normalized spacial score (nSPS) is 35.9. The van der Waals surface area contributed by atoms with Crippen LogP contribution in [-0.2, 0) is 4.74 Å². The van der Waals surface area contributed by atoms with Gasteiger partial charge >= 0.3 is 0 Å². The molecule has 4 nitrogen and oxygen atoms in total. The van der Waals surface area contributed by atoms with Crippen molar-refractivity contribution in [2.75, 3.05) is 40.3 Å². The van der Waals surface area contributed by atoms with Crippen LogP contribution in [0.5, 0.6) is 0 Å². The number of nitrogens with two attached hydrogens (primary N) is 1. The lowest BCUT2D eigenvalue weighted by atomic mass is 9.83. The third kappa shape index (κ3) is 3.53. The van der Waals surface area contributed by atoms with E-state index >= 15 is 0 Å². The smallest absolute Gasteiger partial charge is 0.0593 e. The van der Waals surface area contributed by atoms with Crippen molar-refractivity contribution in [1.82, 2.24) is 9.80 Å². The highest BCUT2D eigenvalue weighted by molar-refractivity contribution is 5.01. The molecule has 0 saturated carbocycles. The fourth-order valence-electron chi connectivity index (χ4n) is 4.14. The summed E-state index contributed by atoms with van der Waals surface area (Å²) < 4.78 is 5.96. The fraction of sp³-hybridized carbons (Fsp3) is 1.00. The summed E-state index contributed by atoms with van der Waals surface area (Å²) in [4.78, 5) is 5.05. The van der Waals surface area contributed by atoms with E-state index in [1.165, 1.54) is 32.2 Å². The molecule has 0 bridgehead atoms. The highest BCUT2D eigenvalue weighted by Gasteiger charge is 2.45. The van der Waals surface area contributed by atoms with Crippen molar-refractivity contribution in [3.05, 3.63) is 0 Å². The van der Waals surface area contributed by atoms with Crippen LogP contribution < -0.4 is 5.73 Å². The molecule has 2 saturated heterocycles. The minimum absolute atomic E-state index is 0.190. The topological polar surface area (TPSA) is 41.7 Å². The van der Waals surface area contributed by atoms with Gasteiger partial charge in [0.25, 0.3) is 0 Å². The maximum atomic E-state index is 6.26. The molecule has 2 N–H and O–H groups in total. The lowest BCUT2D eigenvalue weighted by molar-refractivity contribution is -0.0792. The van der Waals surface area contributed by atoms with Crippen molar-refractivity contribution < 1.29 is 4.74 Å². The summed E-state index contributed by atoms with van der Waals surface area (Å²) in [6, 6.07) is 0.675. The first-order chi connectivity index (χ1) is 9.61. The number of hydrogen-bond acceptors (Lipinski definition) is 4. The third-order valence-corrected chi connectivity index (χ3v) is 5.08. The van der Waals surface area contributed by atoms with E-state index in [2.05, 4.69) is 30.8 Å². The maximum Gasteiger partial charge on any atom is 0.0593 e. The summed E-state index contributed by atoms with van der Waals surface area (Å²) >= 11 is 0. The Labute approximate surface area is 124 Å². The van der Waals surface area contributed by atoms with E-state index in [4.69, 9.17) is 10.5 Å². The van der Waals surface area contributed by atoms with Gasteiger partial charge in [0.2, 0.25) is 0 Å². The van der Waals surface area contributed by atoms with Gasteiger partial charge < -0.3 is 15.4 Å². The van der Waals surface area contributed by atoms with Gasteiger partial charge in [-0.1, -0.05) is 13.3 Å². The van der Waals surface area contributed by atoms with Crippen LogP contribution in [0, 0.1) is 0 Å². The molecule has 0 amide bonds. The molecule has 2 heterocycles. The second kappa shape index (κ2) is 7.21. The summed E-state index contributed by atoms with van der Waals surface area (Å²) in [7, 11) is 4.35. The van der Waals surface area contributed by atoms with Gasteiger partial charge in [-0.05, 0) is 52.7 Å². The van der Waals surface area contributed by atoms with Crippen LogP contribution in [0.1, 0.15) is 45.4 Å². The first-order valence-corrected chi connectivity index (χ1v) is 8.34. The molecule has 20 heavy (non-hydrogen) atoms. The van der Waals surface area contributed by atoms with E-state index in [9.17, 15) is 0 Å². The zero-order valence-corrected chi connectivity index (χ0v) is 13.6. The van der Waals surface area contributed by atoms with Crippen LogP contribution in [0.4, 0.5) is 0 Å². The number of likely N-dealkylation sites (tertiary alicyclic amines) is 1. The molecule has 0 aliphatic carbocycles. The molecular formula is C16H33N3O. The Bertz CT molecular complexity index is 295. The van der Waals surface area contributed by atoms with Crippen molar-refractivity contribution in [1.29, 1.82) is 0 Å². The predicted octanol–water partition coefficient (Wildman–Crippen LogP) is 1.69. The maximum absolute atomic E-state index is 6.26. The number of hydrogen-bond donors (Lipinski definition) is 1. The lowest BCUT2D eigenvalue weighted by Crippen LogP contribution is -2.61. The summed E-state index contributed by atoms with van der Waals surface area (Å²) in [6.45, 7) is 6.27. The van der Waals surface area contributed by atoms with Crippen molar-refractivity contribution in [3.63, 3.8) is 0 Å². The lowest BCUT2D eigenvalue weighted by Gasteiger charge is -2.49. The quantitative estimate of drug-likeness (QED) is 0.805. The molecular weight excluding hydrogens is 250 g/mol. The first-order valence-electron chi connectivity index (χ1n) is 8.34. The van der Waals surface area contributed by atoms with Crippen LogP contribution >= 0.6 is 0 Å². The molecule has 118 valence electrons. The van der Waals surface area contributed by atoms with Gasteiger partial charge in [-0.3, -0.25) is 4.90 Å². The monoisotopic (exact) mass is 283 g/mol. The van der Waals surface area contributed by atoms with Crippen LogP contribution in [0.25, 0.3) is 0 Å². The molecule has 2 aliphatic rings. The number of nitrogens with zero attached hydrogens (tertiary/aromatic N) is 2. The minimum Gasteiger partial charge on any atom is -0.378 e. The summed E-state index contributed by atoms with van der Waals surface area (Å²) in [5.41, 5.74) is 6.45. The van der Waals surface area contributed by atoms with Gasteiger partial charge in [-0.25, -0.2) is 0 Å². The molecule has 4 heteroatoms. The highest BCUT2D eigenvalue weighted by atomic mass is 16.5. The summed E-state index contributed by atoms with van der Waals surface area (Å²) in [5, 5.41) is 0. The Morgan fingerprint density at radius 3 is 2.85 bits per heavy atom. The average molecular weight is 283 g/mol.